The minimum atomic E-state index is 0.108. The first kappa shape index (κ1) is 16.0. The third kappa shape index (κ3) is 3.91. The first-order chi connectivity index (χ1) is 11.1. The van der Waals surface area contributed by atoms with Gasteiger partial charge in [0.2, 0.25) is 0 Å². The van der Waals surface area contributed by atoms with Gasteiger partial charge >= 0.3 is 0 Å². The zero-order chi connectivity index (χ0) is 16.2. The Hall–Kier alpha value is -1.88. The van der Waals surface area contributed by atoms with Crippen LogP contribution in [0.1, 0.15) is 33.1 Å². The maximum atomic E-state index is 12.5. The number of piperidine rings is 1. The van der Waals surface area contributed by atoms with E-state index in [0.29, 0.717) is 12.5 Å². The highest BCUT2D eigenvalue weighted by Gasteiger charge is 2.26. The number of likely N-dealkylation sites (tertiary alicyclic amines) is 1. The number of aromatic nitrogens is 1. The predicted octanol–water partition coefficient (Wildman–Crippen LogP) is 3.69. The standard InChI is InChI=1S/C18H22N2O2S/c1-13-6-3-4-8-16(13)22-12-15-7-5-9-20(11-15)18(21)17-10-19-14(2)23-17/h3-4,6,8,10,15H,5,7,9,11-12H2,1-2H3. The lowest BCUT2D eigenvalue weighted by molar-refractivity contribution is 0.0637. The van der Waals surface area contributed by atoms with Crippen molar-refractivity contribution in [2.24, 2.45) is 5.92 Å². The second-order valence-corrected chi connectivity index (χ2v) is 7.31. The summed E-state index contributed by atoms with van der Waals surface area (Å²) >= 11 is 1.47. The van der Waals surface area contributed by atoms with E-state index in [1.807, 2.05) is 30.0 Å². The first-order valence-electron chi connectivity index (χ1n) is 8.03. The largest absolute Gasteiger partial charge is 0.493 e. The number of thiazole rings is 1. The van der Waals surface area contributed by atoms with Crippen molar-refractivity contribution in [2.75, 3.05) is 19.7 Å². The molecule has 3 rings (SSSR count). The van der Waals surface area contributed by atoms with Crippen LogP contribution in [0.3, 0.4) is 0 Å². The summed E-state index contributed by atoms with van der Waals surface area (Å²) < 4.78 is 5.97. The van der Waals surface area contributed by atoms with Crippen molar-refractivity contribution in [3.8, 4) is 5.75 Å². The minimum absolute atomic E-state index is 0.108. The van der Waals surface area contributed by atoms with Crippen molar-refractivity contribution in [2.45, 2.75) is 26.7 Å². The number of nitrogens with zero attached hydrogens (tertiary/aromatic N) is 2. The van der Waals surface area contributed by atoms with E-state index in [0.717, 1.165) is 47.1 Å². The number of rotatable bonds is 4. The van der Waals surface area contributed by atoms with Gasteiger partial charge in [-0.1, -0.05) is 18.2 Å². The maximum absolute atomic E-state index is 12.5. The van der Waals surface area contributed by atoms with Crippen LogP contribution in [-0.2, 0) is 0 Å². The van der Waals surface area contributed by atoms with Crippen LogP contribution in [0.5, 0.6) is 5.75 Å². The van der Waals surface area contributed by atoms with Gasteiger partial charge in [-0.3, -0.25) is 4.79 Å². The van der Waals surface area contributed by atoms with Crippen molar-refractivity contribution in [3.05, 3.63) is 45.9 Å². The highest BCUT2D eigenvalue weighted by Crippen LogP contribution is 2.23. The molecule has 1 atom stereocenters. The summed E-state index contributed by atoms with van der Waals surface area (Å²) in [5.74, 6) is 1.44. The number of carbonyl (C=O) groups excluding carboxylic acids is 1. The van der Waals surface area contributed by atoms with Crippen molar-refractivity contribution in [1.29, 1.82) is 0 Å². The quantitative estimate of drug-likeness (QED) is 0.858. The van der Waals surface area contributed by atoms with Crippen LogP contribution < -0.4 is 4.74 Å². The van der Waals surface area contributed by atoms with Gasteiger partial charge in [-0.05, 0) is 38.3 Å². The van der Waals surface area contributed by atoms with E-state index in [-0.39, 0.29) is 5.91 Å². The number of ether oxygens (including phenoxy) is 1. The fourth-order valence-corrected chi connectivity index (χ4v) is 3.67. The molecule has 1 aliphatic heterocycles. The molecule has 0 aliphatic carbocycles. The van der Waals surface area contributed by atoms with Crippen molar-refractivity contribution >= 4 is 17.2 Å². The van der Waals surface area contributed by atoms with Gasteiger partial charge in [0.05, 0.1) is 17.8 Å². The van der Waals surface area contributed by atoms with E-state index >= 15 is 0 Å². The number of carbonyl (C=O) groups is 1. The first-order valence-corrected chi connectivity index (χ1v) is 8.85. The van der Waals surface area contributed by atoms with Gasteiger partial charge in [0.15, 0.2) is 0 Å². The molecule has 23 heavy (non-hydrogen) atoms. The smallest absolute Gasteiger partial charge is 0.265 e. The normalized spacial score (nSPS) is 18.0. The lowest BCUT2D eigenvalue weighted by Gasteiger charge is -2.32. The number of amides is 1. The summed E-state index contributed by atoms with van der Waals surface area (Å²) in [4.78, 5) is 19.4. The van der Waals surface area contributed by atoms with Crippen molar-refractivity contribution in [1.82, 2.24) is 9.88 Å². The minimum Gasteiger partial charge on any atom is -0.493 e. The molecule has 2 heterocycles. The van der Waals surface area contributed by atoms with Crippen LogP contribution in [-0.4, -0.2) is 35.5 Å². The third-order valence-electron chi connectivity index (χ3n) is 4.21. The molecule has 0 N–H and O–H groups in total. The van der Waals surface area contributed by atoms with Crippen LogP contribution >= 0.6 is 11.3 Å². The highest BCUT2D eigenvalue weighted by molar-refractivity contribution is 7.13. The van der Waals surface area contributed by atoms with E-state index in [2.05, 4.69) is 18.0 Å². The molecule has 2 aromatic rings. The average molecular weight is 330 g/mol. The molecule has 1 fully saturated rings. The molecule has 1 aliphatic rings. The molecular weight excluding hydrogens is 308 g/mol. The fraction of sp³-hybridized carbons (Fsp3) is 0.444. The molecule has 4 nitrogen and oxygen atoms in total. The van der Waals surface area contributed by atoms with Gasteiger partial charge in [0.1, 0.15) is 10.6 Å². The fourth-order valence-electron chi connectivity index (χ4n) is 2.93. The highest BCUT2D eigenvalue weighted by atomic mass is 32.1. The summed E-state index contributed by atoms with van der Waals surface area (Å²) in [6.07, 6.45) is 3.83. The summed E-state index contributed by atoms with van der Waals surface area (Å²) in [6, 6.07) is 8.06. The third-order valence-corrected chi connectivity index (χ3v) is 5.11. The molecule has 0 radical (unpaired) electrons. The van der Waals surface area contributed by atoms with Crippen LogP contribution in [0.25, 0.3) is 0 Å². The van der Waals surface area contributed by atoms with E-state index < -0.39 is 0 Å². The molecule has 0 saturated carbocycles. The number of aryl methyl sites for hydroxylation is 2. The summed E-state index contributed by atoms with van der Waals surface area (Å²) in [6.45, 7) is 6.24. The average Bonchev–Trinajstić information content (AvgIpc) is 3.00. The van der Waals surface area contributed by atoms with E-state index in [4.69, 9.17) is 4.74 Å². The number of benzene rings is 1. The SMILES string of the molecule is Cc1ncc(C(=O)N2CCCC(COc3ccccc3C)C2)s1. The Bertz CT molecular complexity index is 683. The van der Waals surface area contributed by atoms with Crippen LogP contribution in [0.15, 0.2) is 30.5 Å². The van der Waals surface area contributed by atoms with Gasteiger partial charge < -0.3 is 9.64 Å². The number of hydrogen-bond donors (Lipinski definition) is 0. The molecule has 1 aromatic carbocycles. The number of hydrogen-bond acceptors (Lipinski definition) is 4. The van der Waals surface area contributed by atoms with Gasteiger partial charge in [-0.2, -0.15) is 0 Å². The lowest BCUT2D eigenvalue weighted by Crippen LogP contribution is -2.41. The summed E-state index contributed by atoms with van der Waals surface area (Å²) in [5.41, 5.74) is 1.15. The molecule has 0 spiro atoms. The lowest BCUT2D eigenvalue weighted by atomic mass is 9.99. The summed E-state index contributed by atoms with van der Waals surface area (Å²) in [7, 11) is 0. The van der Waals surface area contributed by atoms with E-state index in [1.165, 1.54) is 11.3 Å². The van der Waals surface area contributed by atoms with E-state index in [1.54, 1.807) is 6.20 Å². The predicted molar refractivity (Wildman–Crippen MR) is 92.2 cm³/mol. The van der Waals surface area contributed by atoms with Gasteiger partial charge in [0, 0.05) is 19.0 Å². The molecule has 1 amide bonds. The van der Waals surface area contributed by atoms with E-state index in [9.17, 15) is 4.79 Å². The monoisotopic (exact) mass is 330 g/mol. The Labute approximate surface area is 141 Å². The maximum Gasteiger partial charge on any atom is 0.265 e. The molecular formula is C18H22N2O2S. The Morgan fingerprint density at radius 3 is 2.96 bits per heavy atom. The Balaban J connectivity index is 1.58. The molecule has 1 unspecified atom stereocenters. The van der Waals surface area contributed by atoms with Crippen molar-refractivity contribution < 1.29 is 9.53 Å². The zero-order valence-electron chi connectivity index (χ0n) is 13.6. The Morgan fingerprint density at radius 1 is 1.39 bits per heavy atom. The van der Waals surface area contributed by atoms with Crippen LogP contribution in [0.2, 0.25) is 0 Å². The Morgan fingerprint density at radius 2 is 2.22 bits per heavy atom. The van der Waals surface area contributed by atoms with Gasteiger partial charge in [0.25, 0.3) is 5.91 Å². The molecule has 122 valence electrons. The zero-order valence-corrected chi connectivity index (χ0v) is 14.4. The number of para-hydroxylation sites is 1. The van der Waals surface area contributed by atoms with Crippen LogP contribution in [0, 0.1) is 19.8 Å². The van der Waals surface area contributed by atoms with Crippen LogP contribution in [0.4, 0.5) is 0 Å². The Kier molecular flexibility index (Phi) is 4.96. The van der Waals surface area contributed by atoms with Gasteiger partial charge in [-0.15, -0.1) is 11.3 Å². The molecule has 5 heteroatoms. The van der Waals surface area contributed by atoms with Crippen molar-refractivity contribution in [3.63, 3.8) is 0 Å². The molecule has 1 saturated heterocycles. The second-order valence-electron chi connectivity index (χ2n) is 6.08. The topological polar surface area (TPSA) is 42.4 Å². The van der Waals surface area contributed by atoms with Gasteiger partial charge in [-0.25, -0.2) is 4.98 Å². The molecule has 1 aromatic heterocycles. The summed E-state index contributed by atoms with van der Waals surface area (Å²) in [5, 5.41) is 0.935. The molecule has 0 bridgehead atoms. The second kappa shape index (κ2) is 7.13.